The molecule has 0 aromatic carbocycles. The molecule has 0 saturated carbocycles. The van der Waals surface area contributed by atoms with Crippen LogP contribution < -0.4 is 11.1 Å². The topological polar surface area (TPSA) is 70.6 Å². The molecule has 0 spiro atoms. The van der Waals surface area contributed by atoms with E-state index in [9.17, 15) is 0 Å². The molecular formula is C9H19N3O. The van der Waals surface area contributed by atoms with E-state index in [1.54, 1.807) is 0 Å². The van der Waals surface area contributed by atoms with Gasteiger partial charge in [0, 0.05) is 19.0 Å². The van der Waals surface area contributed by atoms with Crippen molar-refractivity contribution in [1.29, 1.82) is 0 Å². The first-order valence-corrected chi connectivity index (χ1v) is 4.44. The Morgan fingerprint density at radius 3 is 2.69 bits per heavy atom. The number of rotatable bonds is 6. The minimum absolute atomic E-state index is 0.257. The third-order valence-corrected chi connectivity index (χ3v) is 1.77. The molecule has 0 aliphatic heterocycles. The third kappa shape index (κ3) is 6.16. The van der Waals surface area contributed by atoms with Gasteiger partial charge in [-0.1, -0.05) is 24.2 Å². The lowest BCUT2D eigenvalue weighted by Gasteiger charge is -2.15. The van der Waals surface area contributed by atoms with E-state index in [4.69, 9.17) is 10.9 Å². The first kappa shape index (κ1) is 12.0. The maximum atomic E-state index is 8.37. The van der Waals surface area contributed by atoms with Crippen LogP contribution >= 0.6 is 0 Å². The largest absolute Gasteiger partial charge is 0.409 e. The number of hydrogen-bond acceptors (Lipinski definition) is 3. The van der Waals surface area contributed by atoms with Crippen LogP contribution in [0.5, 0.6) is 0 Å². The van der Waals surface area contributed by atoms with Crippen LogP contribution in [0.3, 0.4) is 0 Å². The number of amidine groups is 1. The van der Waals surface area contributed by atoms with E-state index in [2.05, 4.69) is 24.0 Å². The van der Waals surface area contributed by atoms with Crippen molar-refractivity contribution in [3.8, 4) is 0 Å². The van der Waals surface area contributed by atoms with Gasteiger partial charge in [-0.15, -0.1) is 0 Å². The van der Waals surface area contributed by atoms with Gasteiger partial charge in [-0.3, -0.25) is 0 Å². The molecular weight excluding hydrogens is 166 g/mol. The zero-order valence-corrected chi connectivity index (χ0v) is 8.38. The summed E-state index contributed by atoms with van der Waals surface area (Å²) in [6, 6.07) is 0.257. The highest BCUT2D eigenvalue weighted by Gasteiger charge is 2.07. The molecule has 0 aromatic rings. The molecule has 4 N–H and O–H groups in total. The monoisotopic (exact) mass is 185 g/mol. The maximum absolute atomic E-state index is 8.37. The molecule has 0 rings (SSSR count). The van der Waals surface area contributed by atoms with E-state index in [0.717, 1.165) is 18.5 Å². The Morgan fingerprint density at radius 1 is 1.69 bits per heavy atom. The number of hydrogen-bond donors (Lipinski definition) is 3. The van der Waals surface area contributed by atoms with Gasteiger partial charge in [0.05, 0.1) is 0 Å². The average molecular weight is 185 g/mol. The molecule has 0 fully saturated rings. The molecule has 0 heterocycles. The Bertz CT molecular complexity index is 189. The fourth-order valence-corrected chi connectivity index (χ4v) is 0.973. The summed E-state index contributed by atoms with van der Waals surface area (Å²) >= 11 is 0. The van der Waals surface area contributed by atoms with E-state index in [0.29, 0.717) is 6.42 Å². The van der Waals surface area contributed by atoms with E-state index < -0.39 is 0 Å². The molecule has 13 heavy (non-hydrogen) atoms. The smallest absolute Gasteiger partial charge is 0.140 e. The fourth-order valence-electron chi connectivity index (χ4n) is 0.973. The predicted octanol–water partition coefficient (Wildman–Crippen LogP) is 1.07. The van der Waals surface area contributed by atoms with Crippen LogP contribution in [0.25, 0.3) is 0 Å². The lowest BCUT2D eigenvalue weighted by molar-refractivity contribution is 0.315. The summed E-state index contributed by atoms with van der Waals surface area (Å²) in [4.78, 5) is 0. The lowest BCUT2D eigenvalue weighted by Crippen LogP contribution is -2.34. The van der Waals surface area contributed by atoms with Crippen LogP contribution in [-0.4, -0.2) is 23.6 Å². The number of nitrogens with one attached hydrogen (secondary N) is 1. The molecule has 0 aromatic heterocycles. The van der Waals surface area contributed by atoms with Crippen LogP contribution in [0.4, 0.5) is 0 Å². The van der Waals surface area contributed by atoms with Crippen molar-refractivity contribution in [2.24, 2.45) is 10.9 Å². The van der Waals surface area contributed by atoms with Gasteiger partial charge in [-0.05, 0) is 13.3 Å². The van der Waals surface area contributed by atoms with Crippen LogP contribution in [0.1, 0.15) is 26.7 Å². The van der Waals surface area contributed by atoms with Gasteiger partial charge < -0.3 is 16.3 Å². The summed E-state index contributed by atoms with van der Waals surface area (Å²) in [6.45, 7) is 8.58. The fraction of sp³-hybridized carbons (Fsp3) is 0.667. The number of nitrogens with zero attached hydrogens (tertiary/aromatic N) is 1. The summed E-state index contributed by atoms with van der Waals surface area (Å²) in [5.74, 6) is 0.265. The van der Waals surface area contributed by atoms with Gasteiger partial charge in [0.15, 0.2) is 0 Å². The standard InChI is InChI=1S/C9H19N3O/c1-4-8(5-9(10)12-13)11-6-7(2)3/h8,11,13H,2,4-6H2,1,3H3,(H2,10,12). The molecule has 0 aliphatic carbocycles. The molecule has 76 valence electrons. The van der Waals surface area contributed by atoms with Crippen LogP contribution in [-0.2, 0) is 0 Å². The number of nitrogens with two attached hydrogens (primary N) is 1. The Balaban J connectivity index is 3.82. The Morgan fingerprint density at radius 2 is 2.31 bits per heavy atom. The van der Waals surface area contributed by atoms with Crippen molar-refractivity contribution in [2.45, 2.75) is 32.7 Å². The van der Waals surface area contributed by atoms with Crippen molar-refractivity contribution in [1.82, 2.24) is 5.32 Å². The van der Waals surface area contributed by atoms with Gasteiger partial charge >= 0.3 is 0 Å². The minimum atomic E-state index is 0.257. The maximum Gasteiger partial charge on any atom is 0.140 e. The van der Waals surface area contributed by atoms with Gasteiger partial charge in [0.25, 0.3) is 0 Å². The molecule has 4 heteroatoms. The first-order chi connectivity index (χ1) is 6.10. The van der Waals surface area contributed by atoms with E-state index in [-0.39, 0.29) is 11.9 Å². The highest BCUT2D eigenvalue weighted by molar-refractivity contribution is 5.80. The molecule has 0 radical (unpaired) electrons. The van der Waals surface area contributed by atoms with E-state index in [1.165, 1.54) is 0 Å². The molecule has 0 amide bonds. The van der Waals surface area contributed by atoms with Gasteiger partial charge in [-0.25, -0.2) is 0 Å². The van der Waals surface area contributed by atoms with Gasteiger partial charge in [0.2, 0.25) is 0 Å². The Kier molecular flexibility index (Phi) is 5.97. The second-order valence-electron chi connectivity index (χ2n) is 3.24. The summed E-state index contributed by atoms with van der Waals surface area (Å²) in [6.07, 6.45) is 1.52. The van der Waals surface area contributed by atoms with Crippen molar-refractivity contribution < 1.29 is 5.21 Å². The van der Waals surface area contributed by atoms with Crippen molar-refractivity contribution >= 4 is 5.84 Å². The summed E-state index contributed by atoms with van der Waals surface area (Å²) in [5, 5.41) is 14.6. The molecule has 0 aliphatic rings. The molecule has 0 bridgehead atoms. The summed E-state index contributed by atoms with van der Waals surface area (Å²) < 4.78 is 0. The average Bonchev–Trinajstić information content (AvgIpc) is 2.11. The van der Waals surface area contributed by atoms with Crippen LogP contribution in [0, 0.1) is 0 Å². The molecule has 4 nitrogen and oxygen atoms in total. The predicted molar refractivity (Wildman–Crippen MR) is 54.9 cm³/mol. The second kappa shape index (κ2) is 6.48. The van der Waals surface area contributed by atoms with Gasteiger partial charge in [0.1, 0.15) is 5.84 Å². The second-order valence-corrected chi connectivity index (χ2v) is 3.24. The molecule has 0 saturated heterocycles. The van der Waals surface area contributed by atoms with Crippen molar-refractivity contribution in [2.75, 3.05) is 6.54 Å². The SMILES string of the molecule is C=C(C)CNC(CC)CC(N)=NO. The summed E-state index contributed by atoms with van der Waals surface area (Å²) in [5.41, 5.74) is 6.47. The minimum Gasteiger partial charge on any atom is -0.409 e. The lowest BCUT2D eigenvalue weighted by atomic mass is 10.1. The first-order valence-electron chi connectivity index (χ1n) is 4.44. The van der Waals surface area contributed by atoms with Crippen LogP contribution in [0.15, 0.2) is 17.3 Å². The third-order valence-electron chi connectivity index (χ3n) is 1.77. The van der Waals surface area contributed by atoms with Gasteiger partial charge in [-0.2, -0.15) is 0 Å². The molecule has 1 atom stereocenters. The Hall–Kier alpha value is -1.03. The summed E-state index contributed by atoms with van der Waals surface area (Å²) in [7, 11) is 0. The Labute approximate surface area is 79.5 Å². The van der Waals surface area contributed by atoms with E-state index in [1.807, 2.05) is 6.92 Å². The quantitative estimate of drug-likeness (QED) is 0.190. The van der Waals surface area contributed by atoms with Crippen molar-refractivity contribution in [3.05, 3.63) is 12.2 Å². The number of oxime groups is 1. The molecule has 1 unspecified atom stereocenters. The van der Waals surface area contributed by atoms with Crippen LogP contribution in [0.2, 0.25) is 0 Å². The van der Waals surface area contributed by atoms with Crippen molar-refractivity contribution in [3.63, 3.8) is 0 Å². The highest BCUT2D eigenvalue weighted by Crippen LogP contribution is 1.98. The highest BCUT2D eigenvalue weighted by atomic mass is 16.4. The zero-order chi connectivity index (χ0) is 10.3. The normalized spacial score (nSPS) is 14.2. The van der Waals surface area contributed by atoms with E-state index >= 15 is 0 Å². The zero-order valence-electron chi connectivity index (χ0n) is 8.38.